The van der Waals surface area contributed by atoms with Gasteiger partial charge in [0.1, 0.15) is 0 Å². The topological polar surface area (TPSA) is 104 Å². The smallest absolute Gasteiger partial charge is 0.240 e. The van der Waals surface area contributed by atoms with Crippen LogP contribution in [0.2, 0.25) is 0 Å². The average molecular weight is 440 g/mol. The molecule has 2 aromatic carbocycles. The number of nitrogens with zero attached hydrogens (tertiary/aromatic N) is 3. The van der Waals surface area contributed by atoms with Crippen molar-refractivity contribution in [2.75, 3.05) is 20.6 Å². The Bertz CT molecular complexity index is 1260. The van der Waals surface area contributed by atoms with Gasteiger partial charge >= 0.3 is 0 Å². The lowest BCUT2D eigenvalue weighted by molar-refractivity contribution is 0.379. The first-order chi connectivity index (χ1) is 14.9. The van der Waals surface area contributed by atoms with Crippen LogP contribution in [-0.4, -0.2) is 49.1 Å². The van der Waals surface area contributed by atoms with Crippen molar-refractivity contribution in [3.8, 4) is 0 Å². The molecule has 0 saturated carbocycles. The number of hydrogen-bond donors (Lipinski definition) is 2. The molecule has 0 fully saturated rings. The van der Waals surface area contributed by atoms with Crippen molar-refractivity contribution in [1.82, 2.24) is 24.7 Å². The largest absolute Gasteiger partial charge is 0.361 e. The summed E-state index contributed by atoms with van der Waals surface area (Å²) in [6, 6.07) is 14.4. The second-order valence-corrected chi connectivity index (χ2v) is 9.43. The Morgan fingerprint density at radius 3 is 2.71 bits per heavy atom. The van der Waals surface area contributed by atoms with Gasteiger partial charge in [0.25, 0.3) is 0 Å². The first-order valence-electron chi connectivity index (χ1n) is 10.0. The van der Waals surface area contributed by atoms with Crippen molar-refractivity contribution in [2.24, 2.45) is 0 Å². The average Bonchev–Trinajstić information content (AvgIpc) is 3.38. The summed E-state index contributed by atoms with van der Waals surface area (Å²) < 4.78 is 32.5. The molecular weight excluding hydrogens is 414 g/mol. The molecule has 0 atom stereocenters. The lowest BCUT2D eigenvalue weighted by Gasteiger charge is -2.08. The molecule has 0 spiro atoms. The summed E-state index contributed by atoms with van der Waals surface area (Å²) in [5.74, 6) is 0.738. The zero-order chi connectivity index (χ0) is 21.8. The molecule has 2 N–H and O–H groups in total. The van der Waals surface area contributed by atoms with E-state index in [2.05, 4.69) is 57.2 Å². The molecule has 0 radical (unpaired) electrons. The summed E-state index contributed by atoms with van der Waals surface area (Å²) in [7, 11) is 0.505. The number of aromatic nitrogens is 3. The van der Waals surface area contributed by atoms with E-state index in [0.29, 0.717) is 18.1 Å². The van der Waals surface area contributed by atoms with Gasteiger partial charge in [-0.3, -0.25) is 0 Å². The van der Waals surface area contributed by atoms with Gasteiger partial charge in [0.15, 0.2) is 5.82 Å². The van der Waals surface area contributed by atoms with Gasteiger partial charge in [0, 0.05) is 23.6 Å². The molecule has 0 aliphatic carbocycles. The van der Waals surface area contributed by atoms with E-state index in [4.69, 9.17) is 4.52 Å². The molecule has 4 rings (SSSR count). The van der Waals surface area contributed by atoms with E-state index in [9.17, 15) is 8.42 Å². The number of hydrogen-bond acceptors (Lipinski definition) is 6. The highest BCUT2D eigenvalue weighted by Crippen LogP contribution is 2.22. The number of fused-ring (bicyclic) bond motifs is 1. The van der Waals surface area contributed by atoms with Gasteiger partial charge in [-0.25, -0.2) is 13.1 Å². The molecule has 0 aliphatic heterocycles. The minimum Gasteiger partial charge on any atom is -0.361 e. The Labute approximate surface area is 181 Å². The fourth-order valence-corrected chi connectivity index (χ4v) is 4.34. The third kappa shape index (κ3) is 5.19. The first kappa shape index (κ1) is 21.2. The minimum absolute atomic E-state index is 0.0355. The van der Waals surface area contributed by atoms with Crippen molar-refractivity contribution in [3.05, 3.63) is 77.6 Å². The van der Waals surface area contributed by atoms with E-state index < -0.39 is 10.0 Å². The molecule has 2 heterocycles. The Morgan fingerprint density at radius 2 is 1.94 bits per heavy atom. The summed E-state index contributed by atoms with van der Waals surface area (Å²) in [5, 5.41) is 5.09. The maximum atomic E-state index is 12.3. The van der Waals surface area contributed by atoms with Gasteiger partial charge in [0.05, 0.1) is 17.9 Å². The molecule has 8 nitrogen and oxygen atoms in total. The molecule has 0 saturated heterocycles. The van der Waals surface area contributed by atoms with Crippen LogP contribution in [0.3, 0.4) is 0 Å². The van der Waals surface area contributed by atoms with Crippen molar-refractivity contribution >= 4 is 20.9 Å². The SMILES string of the molecule is CN(C)CCc1c[nH]c2ccc(Cc3nc(CNS(=O)(=O)c4ccccc4)no3)cc12. The van der Waals surface area contributed by atoms with Gasteiger partial charge in [-0.15, -0.1) is 0 Å². The van der Waals surface area contributed by atoms with Gasteiger partial charge in [0.2, 0.25) is 15.9 Å². The number of H-pyrrole nitrogens is 1. The van der Waals surface area contributed by atoms with E-state index in [1.807, 2.05) is 6.07 Å². The highest BCUT2D eigenvalue weighted by molar-refractivity contribution is 7.89. The summed E-state index contributed by atoms with van der Waals surface area (Å²) >= 11 is 0. The van der Waals surface area contributed by atoms with Crippen LogP contribution in [0.5, 0.6) is 0 Å². The molecule has 9 heteroatoms. The molecule has 0 bridgehead atoms. The van der Waals surface area contributed by atoms with Crippen LogP contribution in [0.15, 0.2) is 64.1 Å². The predicted octanol–water partition coefficient (Wildman–Crippen LogP) is 2.72. The van der Waals surface area contributed by atoms with Gasteiger partial charge in [-0.2, -0.15) is 4.98 Å². The minimum atomic E-state index is -3.62. The maximum absolute atomic E-state index is 12.3. The van der Waals surface area contributed by atoms with Gasteiger partial charge < -0.3 is 14.4 Å². The quantitative estimate of drug-likeness (QED) is 0.416. The van der Waals surface area contributed by atoms with E-state index in [-0.39, 0.29) is 11.4 Å². The Morgan fingerprint density at radius 1 is 1.13 bits per heavy atom. The summed E-state index contributed by atoms with van der Waals surface area (Å²) in [5.41, 5.74) is 3.42. The molecule has 31 heavy (non-hydrogen) atoms. The van der Waals surface area contributed by atoms with Crippen molar-refractivity contribution in [2.45, 2.75) is 24.3 Å². The molecule has 0 unspecified atom stereocenters. The standard InChI is InChI=1S/C22H25N5O3S/c1-27(2)11-10-17-14-23-20-9-8-16(12-19(17)20)13-22-25-21(26-30-22)15-24-31(28,29)18-6-4-3-5-7-18/h3-9,12,14,23-24H,10-11,13,15H2,1-2H3. The molecule has 162 valence electrons. The van der Waals surface area contributed by atoms with Gasteiger partial charge in [-0.05, 0) is 55.9 Å². The van der Waals surface area contributed by atoms with Crippen LogP contribution in [0.4, 0.5) is 0 Å². The fraction of sp³-hybridized carbons (Fsp3) is 0.273. The monoisotopic (exact) mass is 439 g/mol. The maximum Gasteiger partial charge on any atom is 0.240 e. The zero-order valence-corrected chi connectivity index (χ0v) is 18.3. The number of aromatic amines is 1. The van der Waals surface area contributed by atoms with Crippen LogP contribution < -0.4 is 4.72 Å². The highest BCUT2D eigenvalue weighted by Gasteiger charge is 2.15. The van der Waals surface area contributed by atoms with E-state index in [1.54, 1.807) is 18.2 Å². The summed E-state index contributed by atoms with van der Waals surface area (Å²) in [4.78, 5) is 10.0. The van der Waals surface area contributed by atoms with Crippen molar-refractivity contribution in [1.29, 1.82) is 0 Å². The van der Waals surface area contributed by atoms with Crippen molar-refractivity contribution < 1.29 is 12.9 Å². The molecule has 4 aromatic rings. The van der Waals surface area contributed by atoms with Crippen LogP contribution in [0, 0.1) is 0 Å². The number of sulfonamides is 1. The summed E-state index contributed by atoms with van der Waals surface area (Å²) in [6.45, 7) is 0.940. The van der Waals surface area contributed by atoms with E-state index in [1.165, 1.54) is 23.1 Å². The second-order valence-electron chi connectivity index (χ2n) is 7.67. The highest BCUT2D eigenvalue weighted by atomic mass is 32.2. The number of rotatable bonds is 9. The van der Waals surface area contributed by atoms with Crippen LogP contribution in [0.25, 0.3) is 10.9 Å². The van der Waals surface area contributed by atoms with E-state index >= 15 is 0 Å². The van der Waals surface area contributed by atoms with E-state index in [0.717, 1.165) is 24.0 Å². The lowest BCUT2D eigenvalue weighted by atomic mass is 10.1. The lowest BCUT2D eigenvalue weighted by Crippen LogP contribution is -2.23. The molecule has 2 aromatic heterocycles. The molecular formula is C22H25N5O3S. The third-order valence-electron chi connectivity index (χ3n) is 5.00. The Balaban J connectivity index is 1.43. The number of benzene rings is 2. The Hall–Kier alpha value is -3.01. The normalized spacial score (nSPS) is 12.1. The number of nitrogens with one attached hydrogen (secondary N) is 2. The zero-order valence-electron chi connectivity index (χ0n) is 17.5. The molecule has 0 aliphatic rings. The second kappa shape index (κ2) is 9.01. The fourth-order valence-electron chi connectivity index (χ4n) is 3.34. The third-order valence-corrected chi connectivity index (χ3v) is 6.42. The predicted molar refractivity (Wildman–Crippen MR) is 118 cm³/mol. The van der Waals surface area contributed by atoms with Crippen LogP contribution >= 0.6 is 0 Å². The number of likely N-dealkylation sites (N-methyl/N-ethyl adjacent to an activating group) is 1. The van der Waals surface area contributed by atoms with Crippen LogP contribution in [-0.2, 0) is 29.4 Å². The Kier molecular flexibility index (Phi) is 6.17. The van der Waals surface area contributed by atoms with Crippen molar-refractivity contribution in [3.63, 3.8) is 0 Å². The molecule has 0 amide bonds. The first-order valence-corrected chi connectivity index (χ1v) is 11.5. The van der Waals surface area contributed by atoms with Crippen LogP contribution in [0.1, 0.15) is 22.8 Å². The van der Waals surface area contributed by atoms with Gasteiger partial charge in [-0.1, -0.05) is 29.4 Å². The summed E-state index contributed by atoms with van der Waals surface area (Å²) in [6.07, 6.45) is 3.50.